The molecule has 0 aliphatic carbocycles. The van der Waals surface area contributed by atoms with E-state index in [1.807, 2.05) is 43.5 Å². The maximum atomic E-state index is 11.9. The van der Waals surface area contributed by atoms with Crippen molar-refractivity contribution in [2.24, 2.45) is 5.41 Å². The van der Waals surface area contributed by atoms with E-state index in [1.54, 1.807) is 11.3 Å². The zero-order chi connectivity index (χ0) is 17.3. The van der Waals surface area contributed by atoms with Gasteiger partial charge in [0.25, 0.3) is 0 Å². The number of nitrogens with zero attached hydrogens (tertiary/aromatic N) is 3. The fourth-order valence-corrected chi connectivity index (χ4v) is 3.26. The summed E-state index contributed by atoms with van der Waals surface area (Å²) in [6.07, 6.45) is 0.735. The summed E-state index contributed by atoms with van der Waals surface area (Å²) in [7, 11) is 0. The molecule has 0 atom stereocenters. The van der Waals surface area contributed by atoms with Crippen LogP contribution in [0.1, 0.15) is 32.0 Å². The average Bonchev–Trinajstić information content (AvgIpc) is 3.08. The molecule has 5 nitrogen and oxygen atoms in total. The molecule has 24 heavy (non-hydrogen) atoms. The van der Waals surface area contributed by atoms with Gasteiger partial charge in [0, 0.05) is 29.3 Å². The minimum Gasteiger partial charge on any atom is -0.355 e. The van der Waals surface area contributed by atoms with Crippen molar-refractivity contribution >= 4 is 22.2 Å². The molecule has 0 spiro atoms. The van der Waals surface area contributed by atoms with Crippen LogP contribution in [0.2, 0.25) is 0 Å². The number of amides is 1. The van der Waals surface area contributed by atoms with Gasteiger partial charge in [-0.05, 0) is 12.5 Å². The van der Waals surface area contributed by atoms with E-state index >= 15 is 0 Å². The van der Waals surface area contributed by atoms with Crippen LogP contribution in [-0.4, -0.2) is 27.0 Å². The highest BCUT2D eigenvalue weighted by Crippen LogP contribution is 2.23. The number of aryl methyl sites for hydroxylation is 1. The summed E-state index contributed by atoms with van der Waals surface area (Å²) in [6.45, 7) is 8.40. The molecule has 2 aromatic heterocycles. The highest BCUT2D eigenvalue weighted by Gasteiger charge is 2.20. The molecule has 0 aliphatic rings. The Morgan fingerprint density at radius 2 is 2.04 bits per heavy atom. The van der Waals surface area contributed by atoms with Crippen molar-refractivity contribution in [3.8, 4) is 11.4 Å². The van der Waals surface area contributed by atoms with Gasteiger partial charge in [0.15, 0.2) is 5.82 Å². The first-order valence-corrected chi connectivity index (χ1v) is 8.91. The predicted molar refractivity (Wildman–Crippen MR) is 97.2 cm³/mol. The minimum atomic E-state index is -0.366. The van der Waals surface area contributed by atoms with Crippen LogP contribution in [0, 0.1) is 12.3 Å². The molecule has 0 bridgehead atoms. The van der Waals surface area contributed by atoms with Crippen LogP contribution >= 0.6 is 11.3 Å². The number of hydrogen-bond acceptors (Lipinski definition) is 4. The molecule has 3 aromatic rings. The van der Waals surface area contributed by atoms with E-state index in [4.69, 9.17) is 0 Å². The van der Waals surface area contributed by atoms with Gasteiger partial charge in [0.05, 0.1) is 5.69 Å². The lowest BCUT2D eigenvalue weighted by Gasteiger charge is -2.17. The smallest absolute Gasteiger partial charge is 0.225 e. The third-order valence-corrected chi connectivity index (χ3v) is 4.75. The van der Waals surface area contributed by atoms with Gasteiger partial charge in [-0.25, -0.2) is 4.52 Å². The van der Waals surface area contributed by atoms with Gasteiger partial charge in [0.1, 0.15) is 0 Å². The summed E-state index contributed by atoms with van der Waals surface area (Å²) >= 11 is 1.58. The number of carbonyl (C=O) groups is 1. The number of hydrogen-bond donors (Lipinski definition) is 1. The Morgan fingerprint density at radius 3 is 2.75 bits per heavy atom. The lowest BCUT2D eigenvalue weighted by atomic mass is 9.96. The van der Waals surface area contributed by atoms with Crippen LogP contribution in [0.4, 0.5) is 0 Å². The summed E-state index contributed by atoms with van der Waals surface area (Å²) in [5, 5.41) is 9.69. The second kappa shape index (κ2) is 6.36. The van der Waals surface area contributed by atoms with Gasteiger partial charge < -0.3 is 5.32 Å². The summed E-state index contributed by atoms with van der Waals surface area (Å²) in [5.74, 6) is 0.813. The molecule has 3 rings (SSSR count). The van der Waals surface area contributed by atoms with E-state index in [0.29, 0.717) is 6.54 Å². The molecule has 0 fully saturated rings. The third kappa shape index (κ3) is 3.33. The lowest BCUT2D eigenvalue weighted by Crippen LogP contribution is -2.36. The predicted octanol–water partition coefficient (Wildman–Crippen LogP) is 3.47. The molecule has 1 aromatic carbocycles. The molecule has 1 amide bonds. The fourth-order valence-electron chi connectivity index (χ4n) is 2.40. The summed E-state index contributed by atoms with van der Waals surface area (Å²) in [4.78, 5) is 17.4. The molecular weight excluding hydrogens is 320 g/mol. The quantitative estimate of drug-likeness (QED) is 0.790. The van der Waals surface area contributed by atoms with Crippen LogP contribution in [0.5, 0.6) is 0 Å². The largest absolute Gasteiger partial charge is 0.355 e. The van der Waals surface area contributed by atoms with Gasteiger partial charge in [-0.1, -0.05) is 45.0 Å². The molecule has 2 heterocycles. The van der Waals surface area contributed by atoms with Crippen molar-refractivity contribution < 1.29 is 4.79 Å². The van der Waals surface area contributed by atoms with E-state index in [-0.39, 0.29) is 11.3 Å². The maximum Gasteiger partial charge on any atom is 0.225 e. The first-order valence-electron chi connectivity index (χ1n) is 8.04. The maximum absolute atomic E-state index is 11.9. The second-order valence-corrected chi connectivity index (χ2v) is 7.76. The molecule has 1 N–H and O–H groups in total. The number of benzene rings is 1. The Kier molecular flexibility index (Phi) is 4.41. The van der Waals surface area contributed by atoms with E-state index in [0.717, 1.165) is 34.0 Å². The number of aromatic nitrogens is 3. The molecule has 0 saturated carbocycles. The number of fused-ring (bicyclic) bond motifs is 1. The third-order valence-electron chi connectivity index (χ3n) is 3.88. The zero-order valence-corrected chi connectivity index (χ0v) is 15.3. The molecule has 0 unspecified atom stereocenters. The van der Waals surface area contributed by atoms with Crippen LogP contribution in [0.3, 0.4) is 0 Å². The zero-order valence-electron chi connectivity index (χ0n) is 14.5. The van der Waals surface area contributed by atoms with E-state index in [1.165, 1.54) is 0 Å². The van der Waals surface area contributed by atoms with Crippen LogP contribution in [0.25, 0.3) is 16.3 Å². The van der Waals surface area contributed by atoms with E-state index in [2.05, 4.69) is 33.8 Å². The molecule has 0 saturated heterocycles. The van der Waals surface area contributed by atoms with Crippen molar-refractivity contribution in [1.82, 2.24) is 19.9 Å². The summed E-state index contributed by atoms with van der Waals surface area (Å²) in [5.41, 5.74) is 2.92. The standard InChI is InChI=1S/C18H22N4OS/c1-12-7-5-6-8-14(12)15-20-17-22(21-15)13(11-24-17)9-10-19-16(23)18(2,3)4/h5-8,11H,9-10H2,1-4H3,(H,19,23). The van der Waals surface area contributed by atoms with Gasteiger partial charge in [-0.15, -0.1) is 16.4 Å². The molecule has 6 heteroatoms. The summed E-state index contributed by atoms with van der Waals surface area (Å²) < 4.78 is 1.88. The first kappa shape index (κ1) is 16.6. The van der Waals surface area contributed by atoms with Gasteiger partial charge >= 0.3 is 0 Å². The van der Waals surface area contributed by atoms with Crippen molar-refractivity contribution in [2.75, 3.05) is 6.54 Å². The number of thiazole rings is 1. The summed E-state index contributed by atoms with van der Waals surface area (Å²) in [6, 6.07) is 8.12. The molecular formula is C18H22N4OS. The van der Waals surface area contributed by atoms with Crippen molar-refractivity contribution in [2.45, 2.75) is 34.1 Å². The Labute approximate surface area is 145 Å². The fraction of sp³-hybridized carbons (Fsp3) is 0.389. The molecule has 126 valence electrons. The first-order chi connectivity index (χ1) is 11.4. The minimum absolute atomic E-state index is 0.0631. The monoisotopic (exact) mass is 342 g/mol. The molecule has 0 radical (unpaired) electrons. The highest BCUT2D eigenvalue weighted by atomic mass is 32.1. The lowest BCUT2D eigenvalue weighted by molar-refractivity contribution is -0.128. The van der Waals surface area contributed by atoms with Crippen molar-refractivity contribution in [1.29, 1.82) is 0 Å². The van der Waals surface area contributed by atoms with Gasteiger partial charge in [0.2, 0.25) is 10.9 Å². The number of rotatable bonds is 4. The Hall–Kier alpha value is -2.21. The topological polar surface area (TPSA) is 59.3 Å². The number of carbonyl (C=O) groups excluding carboxylic acids is 1. The van der Waals surface area contributed by atoms with Crippen LogP contribution < -0.4 is 5.32 Å². The van der Waals surface area contributed by atoms with Gasteiger partial charge in [-0.2, -0.15) is 4.98 Å². The van der Waals surface area contributed by atoms with Crippen molar-refractivity contribution in [3.63, 3.8) is 0 Å². The van der Waals surface area contributed by atoms with Gasteiger partial charge in [-0.3, -0.25) is 4.79 Å². The van der Waals surface area contributed by atoms with E-state index < -0.39 is 0 Å². The van der Waals surface area contributed by atoms with E-state index in [9.17, 15) is 4.79 Å². The van der Waals surface area contributed by atoms with Crippen LogP contribution in [0.15, 0.2) is 29.6 Å². The SMILES string of the molecule is Cc1ccccc1-c1nc2scc(CCNC(=O)C(C)(C)C)n2n1. The Bertz CT molecular complexity index is 873. The Morgan fingerprint density at radius 1 is 1.29 bits per heavy atom. The number of nitrogens with one attached hydrogen (secondary N) is 1. The Balaban J connectivity index is 1.76. The molecule has 0 aliphatic heterocycles. The average molecular weight is 342 g/mol. The van der Waals surface area contributed by atoms with Crippen LogP contribution in [-0.2, 0) is 11.2 Å². The normalized spacial score (nSPS) is 11.8. The highest BCUT2D eigenvalue weighted by molar-refractivity contribution is 7.15. The second-order valence-electron chi connectivity index (χ2n) is 6.93. The van der Waals surface area contributed by atoms with Crippen molar-refractivity contribution in [3.05, 3.63) is 40.9 Å².